The van der Waals surface area contributed by atoms with Crippen LogP contribution in [0.15, 0.2) is 48.5 Å². The van der Waals surface area contributed by atoms with Gasteiger partial charge in [-0.2, -0.15) is 0 Å². The summed E-state index contributed by atoms with van der Waals surface area (Å²) in [5.41, 5.74) is 1.71. The third kappa shape index (κ3) is 4.31. The van der Waals surface area contributed by atoms with E-state index in [2.05, 4.69) is 6.92 Å². The van der Waals surface area contributed by atoms with Crippen molar-refractivity contribution in [2.75, 3.05) is 13.7 Å². The molecule has 2 aromatic carbocycles. The SMILES string of the molecule is CCc1ccc(OCC(=O)N(C)C(C)c2ccccc2F)cc1. The monoisotopic (exact) mass is 315 g/mol. The molecule has 0 saturated carbocycles. The Balaban J connectivity index is 1.95. The number of hydrogen-bond donors (Lipinski definition) is 0. The van der Waals surface area contributed by atoms with Gasteiger partial charge < -0.3 is 9.64 Å². The highest BCUT2D eigenvalue weighted by Gasteiger charge is 2.20. The summed E-state index contributed by atoms with van der Waals surface area (Å²) in [6.45, 7) is 3.81. The molecule has 3 nitrogen and oxygen atoms in total. The van der Waals surface area contributed by atoms with E-state index in [1.165, 1.54) is 16.5 Å². The molecule has 0 fully saturated rings. The van der Waals surface area contributed by atoms with Gasteiger partial charge in [-0.3, -0.25) is 4.79 Å². The zero-order chi connectivity index (χ0) is 16.8. The number of halogens is 1. The van der Waals surface area contributed by atoms with Crippen molar-refractivity contribution >= 4 is 5.91 Å². The maximum Gasteiger partial charge on any atom is 0.260 e. The molecule has 1 unspecified atom stereocenters. The van der Waals surface area contributed by atoms with E-state index >= 15 is 0 Å². The molecule has 0 spiro atoms. The first-order valence-electron chi connectivity index (χ1n) is 7.74. The molecule has 1 amide bonds. The van der Waals surface area contributed by atoms with Gasteiger partial charge in [-0.1, -0.05) is 37.3 Å². The number of likely N-dealkylation sites (N-methyl/N-ethyl adjacent to an activating group) is 1. The Morgan fingerprint density at radius 2 is 1.83 bits per heavy atom. The zero-order valence-electron chi connectivity index (χ0n) is 13.8. The standard InChI is InChI=1S/C19H22FNO2/c1-4-15-9-11-16(12-10-15)23-13-19(22)21(3)14(2)17-7-5-6-8-18(17)20/h5-12,14H,4,13H2,1-3H3. The summed E-state index contributed by atoms with van der Waals surface area (Å²) in [6, 6.07) is 13.8. The van der Waals surface area contributed by atoms with Crippen molar-refractivity contribution in [3.8, 4) is 5.75 Å². The van der Waals surface area contributed by atoms with Crippen LogP contribution in [-0.2, 0) is 11.2 Å². The quantitative estimate of drug-likeness (QED) is 0.807. The summed E-state index contributed by atoms with van der Waals surface area (Å²) < 4.78 is 19.3. The number of nitrogens with zero attached hydrogens (tertiary/aromatic N) is 1. The molecule has 0 aliphatic heterocycles. The number of carbonyl (C=O) groups is 1. The molecule has 0 aromatic heterocycles. The fourth-order valence-electron chi connectivity index (χ4n) is 2.31. The Labute approximate surface area is 136 Å². The van der Waals surface area contributed by atoms with E-state index in [0.717, 1.165) is 6.42 Å². The van der Waals surface area contributed by atoms with Crippen LogP contribution in [0.4, 0.5) is 4.39 Å². The van der Waals surface area contributed by atoms with Crippen molar-refractivity contribution in [2.24, 2.45) is 0 Å². The van der Waals surface area contributed by atoms with Crippen LogP contribution in [0.3, 0.4) is 0 Å². The van der Waals surface area contributed by atoms with Crippen LogP contribution in [-0.4, -0.2) is 24.5 Å². The lowest BCUT2D eigenvalue weighted by Crippen LogP contribution is -2.34. The Bertz CT molecular complexity index is 655. The highest BCUT2D eigenvalue weighted by Crippen LogP contribution is 2.22. The minimum Gasteiger partial charge on any atom is -0.484 e. The molecule has 0 radical (unpaired) electrons. The summed E-state index contributed by atoms with van der Waals surface area (Å²) in [5.74, 6) is 0.151. The minimum absolute atomic E-state index is 0.0687. The van der Waals surface area contributed by atoms with Gasteiger partial charge in [0.05, 0.1) is 6.04 Å². The Hall–Kier alpha value is -2.36. The number of rotatable bonds is 6. The third-order valence-corrected chi connectivity index (χ3v) is 4.02. The topological polar surface area (TPSA) is 29.5 Å². The average Bonchev–Trinajstić information content (AvgIpc) is 2.59. The lowest BCUT2D eigenvalue weighted by Gasteiger charge is -2.25. The summed E-state index contributed by atoms with van der Waals surface area (Å²) in [4.78, 5) is 13.7. The minimum atomic E-state index is -0.352. The summed E-state index contributed by atoms with van der Waals surface area (Å²) in [7, 11) is 1.66. The van der Waals surface area contributed by atoms with Crippen LogP contribution in [0.1, 0.15) is 31.0 Å². The number of carbonyl (C=O) groups excluding carboxylic acids is 1. The van der Waals surface area contributed by atoms with Crippen molar-refractivity contribution in [3.05, 3.63) is 65.5 Å². The first-order chi connectivity index (χ1) is 11.0. The Morgan fingerprint density at radius 3 is 2.43 bits per heavy atom. The summed E-state index contributed by atoms with van der Waals surface area (Å²) in [6.07, 6.45) is 0.960. The molecule has 2 aromatic rings. The maximum atomic E-state index is 13.8. The molecule has 122 valence electrons. The van der Waals surface area contributed by atoms with Gasteiger partial charge in [0.25, 0.3) is 5.91 Å². The third-order valence-electron chi connectivity index (χ3n) is 4.02. The van der Waals surface area contributed by atoms with E-state index in [1.54, 1.807) is 32.2 Å². The van der Waals surface area contributed by atoms with Gasteiger partial charge in [0.2, 0.25) is 0 Å². The highest BCUT2D eigenvalue weighted by atomic mass is 19.1. The van der Waals surface area contributed by atoms with Gasteiger partial charge in [0.1, 0.15) is 11.6 Å². The van der Waals surface area contributed by atoms with Gasteiger partial charge in [-0.05, 0) is 37.1 Å². The fraction of sp³-hybridized carbons (Fsp3) is 0.316. The van der Waals surface area contributed by atoms with Crippen LogP contribution < -0.4 is 4.74 Å². The number of ether oxygens (including phenoxy) is 1. The maximum absolute atomic E-state index is 13.8. The molecule has 0 aliphatic rings. The van der Waals surface area contributed by atoms with E-state index in [9.17, 15) is 9.18 Å². The lowest BCUT2D eigenvalue weighted by molar-refractivity contribution is -0.134. The number of benzene rings is 2. The molecule has 23 heavy (non-hydrogen) atoms. The lowest BCUT2D eigenvalue weighted by atomic mass is 10.1. The molecular formula is C19H22FNO2. The second-order valence-corrected chi connectivity index (χ2v) is 5.49. The smallest absolute Gasteiger partial charge is 0.260 e. The van der Waals surface area contributed by atoms with Crippen LogP contribution in [0.2, 0.25) is 0 Å². The predicted molar refractivity (Wildman–Crippen MR) is 88.9 cm³/mol. The van der Waals surface area contributed by atoms with E-state index in [4.69, 9.17) is 4.74 Å². The molecule has 0 bridgehead atoms. The van der Waals surface area contributed by atoms with Gasteiger partial charge in [0.15, 0.2) is 6.61 Å². The van der Waals surface area contributed by atoms with E-state index in [0.29, 0.717) is 11.3 Å². The summed E-state index contributed by atoms with van der Waals surface area (Å²) >= 11 is 0. The number of aryl methyl sites for hydroxylation is 1. The molecule has 0 heterocycles. The first kappa shape index (κ1) is 17.0. The van der Waals surface area contributed by atoms with Crippen molar-refractivity contribution in [1.82, 2.24) is 4.90 Å². The van der Waals surface area contributed by atoms with Crippen molar-refractivity contribution in [3.63, 3.8) is 0 Å². The van der Waals surface area contributed by atoms with Crippen LogP contribution in [0, 0.1) is 5.82 Å². The van der Waals surface area contributed by atoms with Gasteiger partial charge in [0, 0.05) is 12.6 Å². The zero-order valence-corrected chi connectivity index (χ0v) is 13.8. The van der Waals surface area contributed by atoms with E-state index in [-0.39, 0.29) is 24.4 Å². The van der Waals surface area contributed by atoms with Crippen LogP contribution in [0.25, 0.3) is 0 Å². The van der Waals surface area contributed by atoms with Crippen LogP contribution in [0.5, 0.6) is 5.75 Å². The molecule has 0 saturated heterocycles. The second-order valence-electron chi connectivity index (χ2n) is 5.49. The molecule has 1 atom stereocenters. The highest BCUT2D eigenvalue weighted by molar-refractivity contribution is 5.78. The van der Waals surface area contributed by atoms with Gasteiger partial charge in [-0.25, -0.2) is 4.39 Å². The van der Waals surface area contributed by atoms with Crippen molar-refractivity contribution in [1.29, 1.82) is 0 Å². The second kappa shape index (κ2) is 7.77. The Kier molecular flexibility index (Phi) is 5.74. The molecule has 0 aliphatic carbocycles. The largest absolute Gasteiger partial charge is 0.484 e. The molecule has 4 heteroatoms. The predicted octanol–water partition coefficient (Wildman–Crippen LogP) is 3.99. The van der Waals surface area contributed by atoms with E-state index < -0.39 is 0 Å². The molecule has 2 rings (SSSR count). The summed E-state index contributed by atoms with van der Waals surface area (Å²) in [5, 5.41) is 0. The molecular weight excluding hydrogens is 293 g/mol. The number of hydrogen-bond acceptors (Lipinski definition) is 2. The van der Waals surface area contributed by atoms with E-state index in [1.807, 2.05) is 24.3 Å². The van der Waals surface area contributed by atoms with Crippen molar-refractivity contribution in [2.45, 2.75) is 26.3 Å². The van der Waals surface area contributed by atoms with Crippen molar-refractivity contribution < 1.29 is 13.9 Å². The normalized spacial score (nSPS) is 11.8. The fourth-order valence-corrected chi connectivity index (χ4v) is 2.31. The number of amides is 1. The molecule has 0 N–H and O–H groups in total. The van der Waals surface area contributed by atoms with Gasteiger partial charge in [-0.15, -0.1) is 0 Å². The van der Waals surface area contributed by atoms with Gasteiger partial charge >= 0.3 is 0 Å². The Morgan fingerprint density at radius 1 is 1.17 bits per heavy atom. The van der Waals surface area contributed by atoms with Crippen LogP contribution >= 0.6 is 0 Å². The average molecular weight is 315 g/mol. The first-order valence-corrected chi connectivity index (χ1v) is 7.74.